The molecule has 0 saturated carbocycles. The van der Waals surface area contributed by atoms with Gasteiger partial charge in [-0.1, -0.05) is 18.2 Å². The molecule has 6 unspecified atom stereocenters. The molecule has 16 heteroatoms. The number of esters is 1. The van der Waals surface area contributed by atoms with E-state index >= 15 is 0 Å². The third-order valence-electron chi connectivity index (χ3n) is 6.04. The number of aliphatic hydroxyl groups is 2. The van der Waals surface area contributed by atoms with E-state index in [1.54, 1.807) is 45.0 Å². The van der Waals surface area contributed by atoms with Crippen molar-refractivity contribution in [3.8, 4) is 11.6 Å². The number of methoxy groups -OCH3 is 1. The molecule has 0 radical (unpaired) electrons. The fourth-order valence-electron chi connectivity index (χ4n) is 4.10. The molecule has 5 N–H and O–H groups in total. The standard InChI is InChI=1S/C24H33N6O8PS/c1-13(2)36-21(32)14(3)29-39(40,38-15-9-7-6-8-10-15)35-11-16-18(31)24(4,33)22(37-16)30-12-26-17-19(30)27-23(25)28-20(17)34-5/h6-10,12-14,16,18,22,31,33H,11H2,1-5H3,(H,29,40)(H2,25,27,28). The number of imidazole rings is 1. The van der Waals surface area contributed by atoms with Crippen molar-refractivity contribution in [1.82, 2.24) is 24.6 Å². The average molecular weight is 597 g/mol. The molecule has 6 atom stereocenters. The van der Waals surface area contributed by atoms with Gasteiger partial charge in [-0.05, 0) is 51.6 Å². The van der Waals surface area contributed by atoms with Crippen molar-refractivity contribution < 1.29 is 38.3 Å². The zero-order chi connectivity index (χ0) is 29.2. The number of aromatic nitrogens is 4. The summed E-state index contributed by atoms with van der Waals surface area (Å²) in [6.07, 6.45) is -2.56. The maximum atomic E-state index is 12.5. The van der Waals surface area contributed by atoms with E-state index in [1.807, 2.05) is 6.07 Å². The van der Waals surface area contributed by atoms with E-state index in [1.165, 1.54) is 24.9 Å². The van der Waals surface area contributed by atoms with Gasteiger partial charge in [0.15, 0.2) is 17.4 Å². The lowest BCUT2D eigenvalue weighted by Gasteiger charge is -2.28. The van der Waals surface area contributed by atoms with E-state index in [9.17, 15) is 15.0 Å². The number of hydrogen-bond acceptors (Lipinski definition) is 13. The van der Waals surface area contributed by atoms with Crippen LogP contribution in [0.15, 0.2) is 36.7 Å². The summed E-state index contributed by atoms with van der Waals surface area (Å²) in [4.78, 5) is 24.9. The van der Waals surface area contributed by atoms with Gasteiger partial charge in [-0.15, -0.1) is 0 Å². The fourth-order valence-corrected chi connectivity index (χ4v) is 6.52. The molecular formula is C24H33N6O8PS. The van der Waals surface area contributed by atoms with Crippen LogP contribution >= 0.6 is 6.64 Å². The molecule has 1 aliphatic rings. The number of aliphatic hydroxyl groups excluding tert-OH is 1. The van der Waals surface area contributed by atoms with E-state index < -0.39 is 42.7 Å². The number of carbonyl (C=O) groups is 1. The maximum absolute atomic E-state index is 12.5. The molecule has 1 fully saturated rings. The van der Waals surface area contributed by atoms with E-state index in [2.05, 4.69) is 20.0 Å². The first-order chi connectivity index (χ1) is 18.8. The van der Waals surface area contributed by atoms with E-state index in [-0.39, 0.29) is 30.2 Å². The predicted molar refractivity (Wildman–Crippen MR) is 148 cm³/mol. The molecule has 14 nitrogen and oxygen atoms in total. The summed E-state index contributed by atoms with van der Waals surface area (Å²) < 4.78 is 30.0. The molecule has 3 heterocycles. The quantitative estimate of drug-likeness (QED) is 0.185. The lowest BCUT2D eigenvalue weighted by molar-refractivity contribution is -0.149. The number of benzene rings is 1. The minimum absolute atomic E-state index is 0.0703. The van der Waals surface area contributed by atoms with Gasteiger partial charge in [-0.25, -0.2) is 10.1 Å². The number of para-hydroxylation sites is 1. The van der Waals surface area contributed by atoms with Crippen LogP contribution in [0.4, 0.5) is 5.95 Å². The molecule has 0 bridgehead atoms. The highest BCUT2D eigenvalue weighted by Gasteiger charge is 2.54. The second-order valence-corrected chi connectivity index (χ2v) is 12.8. The van der Waals surface area contributed by atoms with Gasteiger partial charge in [0.2, 0.25) is 11.8 Å². The Kier molecular flexibility index (Phi) is 8.95. The van der Waals surface area contributed by atoms with Gasteiger partial charge in [0.05, 0.1) is 26.1 Å². The largest absolute Gasteiger partial charge is 0.479 e. The van der Waals surface area contributed by atoms with Crippen LogP contribution in [-0.4, -0.2) is 79.4 Å². The van der Waals surface area contributed by atoms with Crippen molar-refractivity contribution in [1.29, 1.82) is 0 Å². The maximum Gasteiger partial charge on any atom is 0.323 e. The van der Waals surface area contributed by atoms with E-state index in [0.29, 0.717) is 11.3 Å². The summed E-state index contributed by atoms with van der Waals surface area (Å²) in [5.41, 5.74) is 4.54. The summed E-state index contributed by atoms with van der Waals surface area (Å²) in [7, 11) is 1.42. The summed E-state index contributed by atoms with van der Waals surface area (Å²) in [6, 6.07) is 7.86. The molecule has 1 aliphatic heterocycles. The summed E-state index contributed by atoms with van der Waals surface area (Å²) in [5, 5.41) is 25.3. The Labute approximate surface area is 236 Å². The Morgan fingerprint density at radius 1 is 1.30 bits per heavy atom. The van der Waals surface area contributed by atoms with Crippen molar-refractivity contribution in [3.63, 3.8) is 0 Å². The second-order valence-electron chi connectivity index (χ2n) is 9.65. The van der Waals surface area contributed by atoms with Crippen LogP contribution in [0.3, 0.4) is 0 Å². The average Bonchev–Trinajstić information content (AvgIpc) is 3.40. The van der Waals surface area contributed by atoms with Gasteiger partial charge in [-0.3, -0.25) is 9.36 Å². The van der Waals surface area contributed by atoms with Gasteiger partial charge in [0, 0.05) is 0 Å². The van der Waals surface area contributed by atoms with Crippen LogP contribution in [0.2, 0.25) is 0 Å². The molecule has 218 valence electrons. The lowest BCUT2D eigenvalue weighted by Crippen LogP contribution is -2.44. The molecule has 0 aliphatic carbocycles. The molecule has 40 heavy (non-hydrogen) atoms. The Morgan fingerprint density at radius 2 is 2.00 bits per heavy atom. The van der Waals surface area contributed by atoms with Gasteiger partial charge in [-0.2, -0.15) is 9.97 Å². The van der Waals surface area contributed by atoms with Crippen LogP contribution in [0.1, 0.15) is 33.9 Å². The Balaban J connectivity index is 1.56. The SMILES string of the molecule is COc1nc(N)nc2c1ncn2C1OC(COP(=S)(NC(C)C(=O)OC(C)C)Oc2ccccc2)C(O)C1(C)O. The number of nitrogens with two attached hydrogens (primary N) is 1. The number of nitrogens with one attached hydrogen (secondary N) is 1. The van der Waals surface area contributed by atoms with Gasteiger partial charge in [0.25, 0.3) is 0 Å². The van der Waals surface area contributed by atoms with E-state index in [0.717, 1.165) is 0 Å². The summed E-state index contributed by atoms with van der Waals surface area (Å²) >= 11 is 5.73. The Hall–Kier alpha value is -2.91. The molecule has 2 aromatic heterocycles. The van der Waals surface area contributed by atoms with Crippen LogP contribution in [-0.2, 0) is 30.6 Å². The van der Waals surface area contributed by atoms with Crippen LogP contribution in [0, 0.1) is 0 Å². The number of ether oxygens (including phenoxy) is 3. The number of carbonyl (C=O) groups excluding carboxylic acids is 1. The number of fused-ring (bicyclic) bond motifs is 1. The van der Waals surface area contributed by atoms with Gasteiger partial charge >= 0.3 is 12.6 Å². The number of anilines is 1. The Morgan fingerprint density at radius 3 is 2.65 bits per heavy atom. The smallest absolute Gasteiger partial charge is 0.323 e. The molecule has 4 rings (SSSR count). The number of nitrogen functional groups attached to an aromatic ring is 1. The topological polar surface area (TPSA) is 185 Å². The van der Waals surface area contributed by atoms with Crippen molar-refractivity contribution >= 4 is 41.5 Å². The molecule has 0 spiro atoms. The van der Waals surface area contributed by atoms with E-state index in [4.69, 9.17) is 40.8 Å². The number of nitrogens with zero attached hydrogens (tertiary/aromatic N) is 4. The minimum atomic E-state index is -3.41. The zero-order valence-electron chi connectivity index (χ0n) is 22.6. The molecular weight excluding hydrogens is 563 g/mol. The van der Waals surface area contributed by atoms with Crippen LogP contribution in [0.5, 0.6) is 11.6 Å². The summed E-state index contributed by atoms with van der Waals surface area (Å²) in [5.74, 6) is -0.0432. The lowest BCUT2D eigenvalue weighted by atomic mass is 9.96. The molecule has 1 saturated heterocycles. The molecule has 0 amide bonds. The number of rotatable bonds is 11. The van der Waals surface area contributed by atoms with Crippen molar-refractivity contribution in [2.45, 2.75) is 63.9 Å². The number of hydrogen-bond donors (Lipinski definition) is 4. The first-order valence-corrected chi connectivity index (χ1v) is 15.1. The normalized spacial score (nSPS) is 25.1. The third kappa shape index (κ3) is 6.36. The van der Waals surface area contributed by atoms with Crippen molar-refractivity contribution in [2.24, 2.45) is 0 Å². The third-order valence-corrected chi connectivity index (χ3v) is 8.54. The first kappa shape index (κ1) is 30.1. The van der Waals surface area contributed by atoms with Crippen LogP contribution < -0.4 is 20.1 Å². The highest BCUT2D eigenvalue weighted by atomic mass is 32.5. The Bertz CT molecular complexity index is 1390. The summed E-state index contributed by atoms with van der Waals surface area (Å²) in [6.45, 7) is 2.76. The highest BCUT2D eigenvalue weighted by molar-refractivity contribution is 8.09. The monoisotopic (exact) mass is 596 g/mol. The van der Waals surface area contributed by atoms with Gasteiger partial charge in [0.1, 0.15) is 29.6 Å². The minimum Gasteiger partial charge on any atom is -0.479 e. The predicted octanol–water partition coefficient (Wildman–Crippen LogP) is 1.68. The van der Waals surface area contributed by atoms with Crippen LogP contribution in [0.25, 0.3) is 11.2 Å². The van der Waals surface area contributed by atoms with Gasteiger partial charge < -0.3 is 39.2 Å². The highest BCUT2D eigenvalue weighted by Crippen LogP contribution is 2.47. The van der Waals surface area contributed by atoms with Crippen molar-refractivity contribution in [2.75, 3.05) is 19.5 Å². The van der Waals surface area contributed by atoms with Crippen molar-refractivity contribution in [3.05, 3.63) is 36.7 Å². The fraction of sp³-hybridized carbons (Fsp3) is 0.500. The second kappa shape index (κ2) is 11.9. The molecule has 3 aromatic rings. The first-order valence-electron chi connectivity index (χ1n) is 12.4. The molecule has 1 aromatic carbocycles. The zero-order valence-corrected chi connectivity index (χ0v) is 24.3.